The number of sulfonamides is 1. The third-order valence-electron chi connectivity index (χ3n) is 7.41. The van der Waals surface area contributed by atoms with Gasteiger partial charge in [-0.3, -0.25) is 0 Å². The van der Waals surface area contributed by atoms with Gasteiger partial charge >= 0.3 is 5.97 Å². The van der Waals surface area contributed by atoms with E-state index in [1.54, 1.807) is 47.3 Å². The van der Waals surface area contributed by atoms with Crippen LogP contribution in [-0.4, -0.2) is 47.9 Å². The minimum absolute atomic E-state index is 0.311. The summed E-state index contributed by atoms with van der Waals surface area (Å²) in [6.45, 7) is 5.42. The van der Waals surface area contributed by atoms with Gasteiger partial charge in [-0.2, -0.15) is 4.31 Å². The van der Waals surface area contributed by atoms with Crippen molar-refractivity contribution in [3.8, 4) is 0 Å². The van der Waals surface area contributed by atoms with Crippen LogP contribution in [0.1, 0.15) is 74.3 Å². The van der Waals surface area contributed by atoms with E-state index in [4.69, 9.17) is 9.72 Å². The van der Waals surface area contributed by atoms with Crippen molar-refractivity contribution in [2.75, 3.05) is 19.7 Å². The highest BCUT2D eigenvalue weighted by molar-refractivity contribution is 7.98. The van der Waals surface area contributed by atoms with Crippen molar-refractivity contribution >= 4 is 38.8 Å². The zero-order valence-corrected chi connectivity index (χ0v) is 23.2. The fourth-order valence-corrected chi connectivity index (χ4v) is 8.10. The van der Waals surface area contributed by atoms with E-state index in [-0.39, 0.29) is 5.97 Å². The van der Waals surface area contributed by atoms with Crippen LogP contribution in [0.4, 0.5) is 0 Å². The average Bonchev–Trinajstić information content (AvgIpc) is 3.55. The molecule has 1 saturated heterocycles. The number of aromatic nitrogens is 2. The van der Waals surface area contributed by atoms with E-state index < -0.39 is 10.0 Å². The van der Waals surface area contributed by atoms with Gasteiger partial charge in [0.1, 0.15) is 0 Å². The second-order valence-electron chi connectivity index (χ2n) is 10.2. The molecule has 1 aromatic heterocycles. The third-order valence-corrected chi connectivity index (χ3v) is 10.3. The summed E-state index contributed by atoms with van der Waals surface area (Å²) in [5.74, 6) is 0.772. The number of hydrogen-bond donors (Lipinski definition) is 0. The first-order valence-corrected chi connectivity index (χ1v) is 15.7. The molecule has 2 heterocycles. The lowest BCUT2D eigenvalue weighted by Crippen LogP contribution is -2.39. The molecule has 0 radical (unpaired) electrons. The maximum Gasteiger partial charge on any atom is 0.338 e. The van der Waals surface area contributed by atoms with Gasteiger partial charge in [0.2, 0.25) is 10.0 Å². The fourth-order valence-electron chi connectivity index (χ4n) is 5.45. The van der Waals surface area contributed by atoms with Crippen molar-refractivity contribution in [3.05, 3.63) is 53.6 Å². The molecule has 0 unspecified atom stereocenters. The Balaban J connectivity index is 1.42. The number of nitrogens with zero attached hydrogens (tertiary/aromatic N) is 3. The number of carbonyl (C=O) groups excluding carboxylic acids is 1. The van der Waals surface area contributed by atoms with Gasteiger partial charge in [0.05, 0.1) is 28.1 Å². The lowest BCUT2D eigenvalue weighted by molar-refractivity contribution is 0.0526. The molecule has 1 aliphatic heterocycles. The SMILES string of the molecule is CCOC(=O)c1ccc(CSc2nc3cc(S(=O)(=O)N4CCC[C@H](C)C4)ccc3n2C2CCCC2)cc1. The number of piperidine rings is 1. The highest BCUT2D eigenvalue weighted by Crippen LogP contribution is 2.38. The number of esters is 1. The zero-order valence-electron chi connectivity index (χ0n) is 21.6. The molecule has 5 rings (SSSR count). The van der Waals surface area contributed by atoms with Crippen LogP contribution in [0.5, 0.6) is 0 Å². The molecular weight excluding hydrogens is 506 g/mol. The van der Waals surface area contributed by atoms with Gasteiger partial charge in [-0.1, -0.05) is 43.7 Å². The number of carbonyl (C=O) groups is 1. The fraction of sp³-hybridized carbons (Fsp3) is 0.500. The molecule has 2 aromatic carbocycles. The Kier molecular flexibility index (Phi) is 7.93. The molecule has 3 aromatic rings. The number of hydrogen-bond acceptors (Lipinski definition) is 6. The number of imidazole rings is 1. The van der Waals surface area contributed by atoms with E-state index in [0.29, 0.717) is 47.9 Å². The normalized spacial score (nSPS) is 19.5. The van der Waals surface area contributed by atoms with Gasteiger partial charge in [-0.15, -0.1) is 0 Å². The molecule has 0 amide bonds. The lowest BCUT2D eigenvalue weighted by Gasteiger charge is -2.30. The maximum absolute atomic E-state index is 13.4. The minimum Gasteiger partial charge on any atom is -0.462 e. The van der Waals surface area contributed by atoms with Crippen LogP contribution in [0.15, 0.2) is 52.5 Å². The van der Waals surface area contributed by atoms with Crippen molar-refractivity contribution in [2.45, 2.75) is 74.2 Å². The topological polar surface area (TPSA) is 81.5 Å². The highest BCUT2D eigenvalue weighted by atomic mass is 32.2. The summed E-state index contributed by atoms with van der Waals surface area (Å²) < 4.78 is 35.8. The first-order valence-electron chi connectivity index (χ1n) is 13.3. The van der Waals surface area contributed by atoms with Gasteiger partial charge in [0.15, 0.2) is 5.16 Å². The van der Waals surface area contributed by atoms with Crippen LogP contribution < -0.4 is 0 Å². The molecule has 198 valence electrons. The van der Waals surface area contributed by atoms with Gasteiger partial charge in [0, 0.05) is 24.9 Å². The Hall–Kier alpha value is -2.36. The van der Waals surface area contributed by atoms with Crippen LogP contribution in [-0.2, 0) is 20.5 Å². The molecule has 9 heteroatoms. The quantitative estimate of drug-likeness (QED) is 0.255. The molecule has 0 bridgehead atoms. The smallest absolute Gasteiger partial charge is 0.338 e. The minimum atomic E-state index is -3.54. The Labute approximate surface area is 223 Å². The number of benzene rings is 2. The Morgan fingerprint density at radius 1 is 1.08 bits per heavy atom. The Morgan fingerprint density at radius 2 is 1.84 bits per heavy atom. The van der Waals surface area contributed by atoms with E-state index in [0.717, 1.165) is 47.4 Å². The van der Waals surface area contributed by atoms with Gasteiger partial charge < -0.3 is 9.30 Å². The van der Waals surface area contributed by atoms with Crippen LogP contribution in [0.2, 0.25) is 0 Å². The number of fused-ring (bicyclic) bond motifs is 1. The molecule has 1 saturated carbocycles. The van der Waals surface area contributed by atoms with Crippen molar-refractivity contribution in [1.82, 2.24) is 13.9 Å². The molecule has 1 aliphatic carbocycles. The van der Waals surface area contributed by atoms with Crippen molar-refractivity contribution in [2.24, 2.45) is 5.92 Å². The van der Waals surface area contributed by atoms with E-state index >= 15 is 0 Å². The number of ether oxygens (including phenoxy) is 1. The largest absolute Gasteiger partial charge is 0.462 e. The first-order chi connectivity index (χ1) is 17.9. The third kappa shape index (κ3) is 5.59. The second-order valence-corrected chi connectivity index (χ2v) is 13.1. The molecule has 2 aliphatic rings. The van der Waals surface area contributed by atoms with Crippen molar-refractivity contribution < 1.29 is 17.9 Å². The van der Waals surface area contributed by atoms with Crippen LogP contribution in [0, 0.1) is 5.92 Å². The molecule has 1 atom stereocenters. The first kappa shape index (κ1) is 26.3. The van der Waals surface area contributed by atoms with Crippen LogP contribution >= 0.6 is 11.8 Å². The molecule has 0 spiro atoms. The van der Waals surface area contributed by atoms with E-state index in [2.05, 4.69) is 11.5 Å². The maximum atomic E-state index is 13.4. The van der Waals surface area contributed by atoms with E-state index in [1.807, 2.05) is 18.2 Å². The molecular formula is C28H35N3O4S2. The second kappa shape index (κ2) is 11.2. The van der Waals surface area contributed by atoms with Crippen molar-refractivity contribution in [1.29, 1.82) is 0 Å². The van der Waals surface area contributed by atoms with Gasteiger partial charge in [-0.05, 0) is 74.4 Å². The Bertz CT molecular complexity index is 1360. The number of thioether (sulfide) groups is 1. The summed E-state index contributed by atoms with van der Waals surface area (Å²) in [4.78, 5) is 17.2. The summed E-state index contributed by atoms with van der Waals surface area (Å²) in [6.07, 6.45) is 6.59. The summed E-state index contributed by atoms with van der Waals surface area (Å²) in [5.41, 5.74) is 3.37. The average molecular weight is 542 g/mol. The summed E-state index contributed by atoms with van der Waals surface area (Å²) in [5, 5.41) is 0.914. The van der Waals surface area contributed by atoms with Crippen LogP contribution in [0.3, 0.4) is 0 Å². The predicted octanol–water partition coefficient (Wildman–Crippen LogP) is 6.04. The van der Waals surface area contributed by atoms with E-state index in [1.165, 1.54) is 12.8 Å². The molecule has 0 N–H and O–H groups in total. The molecule has 37 heavy (non-hydrogen) atoms. The summed E-state index contributed by atoms with van der Waals surface area (Å²) >= 11 is 1.65. The summed E-state index contributed by atoms with van der Waals surface area (Å²) in [6, 6.07) is 13.3. The summed E-state index contributed by atoms with van der Waals surface area (Å²) in [7, 11) is -3.54. The standard InChI is InChI=1S/C28H35N3O4S2/c1-3-35-27(32)22-12-10-21(11-13-22)19-36-28-29-25-17-24(37(33,34)30-16-6-7-20(2)18-30)14-15-26(25)31(28)23-8-4-5-9-23/h10-15,17,20,23H,3-9,16,18-19H2,1-2H3/t20-/m0/s1. The molecule has 2 fully saturated rings. The number of rotatable bonds is 8. The monoisotopic (exact) mass is 541 g/mol. The lowest BCUT2D eigenvalue weighted by atomic mass is 10.0. The van der Waals surface area contributed by atoms with Gasteiger partial charge in [0.25, 0.3) is 0 Å². The van der Waals surface area contributed by atoms with Crippen molar-refractivity contribution in [3.63, 3.8) is 0 Å². The van der Waals surface area contributed by atoms with Gasteiger partial charge in [-0.25, -0.2) is 18.2 Å². The zero-order chi connectivity index (χ0) is 26.0. The predicted molar refractivity (Wildman–Crippen MR) is 146 cm³/mol. The van der Waals surface area contributed by atoms with E-state index in [9.17, 15) is 13.2 Å². The molecule has 7 nitrogen and oxygen atoms in total. The Morgan fingerprint density at radius 3 is 2.54 bits per heavy atom. The highest BCUT2D eigenvalue weighted by Gasteiger charge is 2.30. The van der Waals surface area contributed by atoms with Crippen LogP contribution in [0.25, 0.3) is 11.0 Å².